The molecule has 0 saturated heterocycles. The zero-order valence-corrected chi connectivity index (χ0v) is 9.47. The van der Waals surface area contributed by atoms with Crippen LogP contribution in [0, 0.1) is 0 Å². The summed E-state index contributed by atoms with van der Waals surface area (Å²) in [5.41, 5.74) is 5.05. The third kappa shape index (κ3) is 1.81. The highest BCUT2D eigenvalue weighted by Gasteiger charge is 2.14. The van der Waals surface area contributed by atoms with Crippen molar-refractivity contribution in [3.63, 3.8) is 0 Å². The Labute approximate surface area is 93.4 Å². The molecule has 0 amide bonds. The summed E-state index contributed by atoms with van der Waals surface area (Å²) in [5, 5.41) is 3.40. The van der Waals surface area contributed by atoms with Crippen molar-refractivity contribution in [3.05, 3.63) is 47.4 Å². The van der Waals surface area contributed by atoms with Crippen LogP contribution in [0.3, 0.4) is 0 Å². The van der Waals surface area contributed by atoms with Crippen molar-refractivity contribution in [2.75, 3.05) is 0 Å². The van der Waals surface area contributed by atoms with Crippen LogP contribution >= 0.6 is 11.3 Å². The second-order valence-corrected chi connectivity index (χ2v) is 4.54. The minimum absolute atomic E-state index is 0.0427. The molecule has 1 atom stereocenters. The van der Waals surface area contributed by atoms with E-state index in [9.17, 15) is 0 Å². The molecule has 0 bridgehead atoms. The van der Waals surface area contributed by atoms with Crippen LogP contribution in [-0.2, 0) is 0 Å². The Kier molecular flexibility index (Phi) is 2.86. The van der Waals surface area contributed by atoms with E-state index in [1.165, 1.54) is 15.6 Å². The lowest BCUT2D eigenvalue weighted by Crippen LogP contribution is -2.28. The smallest absolute Gasteiger partial charge is 0.0678 e. The molecule has 0 radical (unpaired) electrons. The first kappa shape index (κ1) is 10.4. The average molecular weight is 218 g/mol. The van der Waals surface area contributed by atoms with Crippen LogP contribution in [0.5, 0.6) is 0 Å². The van der Waals surface area contributed by atoms with Crippen LogP contribution in [0.25, 0.3) is 10.1 Å². The van der Waals surface area contributed by atoms with Gasteiger partial charge in [-0.2, -0.15) is 0 Å². The summed E-state index contributed by atoms with van der Waals surface area (Å²) >= 11 is 1.74. The van der Waals surface area contributed by atoms with Gasteiger partial charge in [-0.3, -0.25) is 5.84 Å². The molecule has 1 unspecified atom stereocenters. The zero-order valence-electron chi connectivity index (χ0n) is 8.66. The van der Waals surface area contributed by atoms with Gasteiger partial charge in [-0.05, 0) is 29.3 Å². The Morgan fingerprint density at radius 3 is 2.87 bits per heavy atom. The van der Waals surface area contributed by atoms with Gasteiger partial charge >= 0.3 is 0 Å². The Bertz CT molecular complexity index is 487. The lowest BCUT2D eigenvalue weighted by Gasteiger charge is -2.15. The summed E-state index contributed by atoms with van der Waals surface area (Å²) in [7, 11) is 0. The van der Waals surface area contributed by atoms with Crippen molar-refractivity contribution < 1.29 is 0 Å². The van der Waals surface area contributed by atoms with E-state index in [1.807, 2.05) is 19.1 Å². The summed E-state index contributed by atoms with van der Waals surface area (Å²) in [5.74, 6) is 5.55. The molecule has 2 nitrogen and oxygen atoms in total. The minimum Gasteiger partial charge on any atom is -0.271 e. The molecular weight excluding hydrogens is 204 g/mol. The molecule has 1 heterocycles. The van der Waals surface area contributed by atoms with E-state index in [2.05, 4.69) is 29.5 Å². The van der Waals surface area contributed by atoms with E-state index in [-0.39, 0.29) is 6.04 Å². The monoisotopic (exact) mass is 218 g/mol. The van der Waals surface area contributed by atoms with E-state index >= 15 is 0 Å². The van der Waals surface area contributed by atoms with Gasteiger partial charge in [0.25, 0.3) is 0 Å². The maximum absolute atomic E-state index is 5.55. The molecule has 15 heavy (non-hydrogen) atoms. The highest BCUT2D eigenvalue weighted by atomic mass is 32.1. The van der Waals surface area contributed by atoms with Gasteiger partial charge < -0.3 is 0 Å². The highest BCUT2D eigenvalue weighted by molar-refractivity contribution is 7.17. The Morgan fingerprint density at radius 2 is 2.20 bits per heavy atom. The molecule has 2 aromatic rings. The minimum atomic E-state index is 0.0427. The third-order valence-corrected chi connectivity index (χ3v) is 3.46. The van der Waals surface area contributed by atoms with Gasteiger partial charge in [0.15, 0.2) is 0 Å². The number of hydrazine groups is 1. The van der Waals surface area contributed by atoms with Gasteiger partial charge in [-0.25, -0.2) is 5.43 Å². The molecular formula is C12H14N2S. The molecule has 78 valence electrons. The molecule has 0 aliphatic rings. The van der Waals surface area contributed by atoms with E-state index < -0.39 is 0 Å². The van der Waals surface area contributed by atoms with Gasteiger partial charge in [0.2, 0.25) is 0 Å². The van der Waals surface area contributed by atoms with Crippen molar-refractivity contribution in [1.29, 1.82) is 0 Å². The molecule has 0 fully saturated rings. The first-order valence-corrected chi connectivity index (χ1v) is 5.69. The molecule has 0 aliphatic carbocycles. The van der Waals surface area contributed by atoms with Crippen LogP contribution < -0.4 is 11.3 Å². The molecule has 1 aromatic heterocycles. The number of fused-ring (bicyclic) bond motifs is 1. The summed E-state index contributed by atoms with van der Waals surface area (Å²) < 4.78 is 1.29. The fraction of sp³-hybridized carbons (Fsp3) is 0.167. The first-order valence-electron chi connectivity index (χ1n) is 4.81. The molecule has 3 heteroatoms. The standard InChI is InChI=1S/C12H14N2S/c1-8(2)12(14-13)10-7-15-11-6-4-3-5-9(10)11/h3-7,12,14H,1,13H2,2H3. The summed E-state index contributed by atoms with van der Waals surface area (Å²) in [6, 6.07) is 8.38. The van der Waals surface area contributed by atoms with Crippen LogP contribution in [0.4, 0.5) is 0 Å². The van der Waals surface area contributed by atoms with E-state index in [4.69, 9.17) is 5.84 Å². The largest absolute Gasteiger partial charge is 0.271 e. The quantitative estimate of drug-likeness (QED) is 0.472. The number of thiophene rings is 1. The summed E-state index contributed by atoms with van der Waals surface area (Å²) in [6.07, 6.45) is 0. The normalized spacial score (nSPS) is 12.9. The van der Waals surface area contributed by atoms with Gasteiger partial charge in [0, 0.05) is 4.70 Å². The van der Waals surface area contributed by atoms with Crippen LogP contribution in [-0.4, -0.2) is 0 Å². The number of benzene rings is 1. The lowest BCUT2D eigenvalue weighted by atomic mass is 10.0. The topological polar surface area (TPSA) is 38.0 Å². The second kappa shape index (κ2) is 4.14. The summed E-state index contributed by atoms with van der Waals surface area (Å²) in [6.45, 7) is 5.93. The summed E-state index contributed by atoms with van der Waals surface area (Å²) in [4.78, 5) is 0. The second-order valence-electron chi connectivity index (χ2n) is 3.63. The predicted octanol–water partition coefficient (Wildman–Crippen LogP) is 2.98. The van der Waals surface area contributed by atoms with E-state index in [0.717, 1.165) is 5.57 Å². The van der Waals surface area contributed by atoms with Gasteiger partial charge in [0.1, 0.15) is 0 Å². The average Bonchev–Trinajstić information content (AvgIpc) is 2.63. The van der Waals surface area contributed by atoms with Crippen LogP contribution in [0.1, 0.15) is 18.5 Å². The molecule has 0 aliphatic heterocycles. The third-order valence-electron chi connectivity index (χ3n) is 2.48. The van der Waals surface area contributed by atoms with Crippen molar-refractivity contribution in [1.82, 2.24) is 5.43 Å². The van der Waals surface area contributed by atoms with Crippen molar-refractivity contribution in [2.45, 2.75) is 13.0 Å². The first-order chi connectivity index (χ1) is 7.24. The van der Waals surface area contributed by atoms with Crippen molar-refractivity contribution in [2.24, 2.45) is 5.84 Å². The van der Waals surface area contributed by atoms with Gasteiger partial charge in [-0.1, -0.05) is 30.4 Å². The highest BCUT2D eigenvalue weighted by Crippen LogP contribution is 2.32. The predicted molar refractivity (Wildman–Crippen MR) is 66.7 cm³/mol. The van der Waals surface area contributed by atoms with Crippen LogP contribution in [0.15, 0.2) is 41.8 Å². The van der Waals surface area contributed by atoms with E-state index in [0.29, 0.717) is 0 Å². The molecule has 0 saturated carbocycles. The van der Waals surface area contributed by atoms with Gasteiger partial charge in [0.05, 0.1) is 6.04 Å². The Morgan fingerprint density at radius 1 is 1.47 bits per heavy atom. The fourth-order valence-corrected chi connectivity index (χ4v) is 2.71. The lowest BCUT2D eigenvalue weighted by molar-refractivity contribution is 0.632. The maximum Gasteiger partial charge on any atom is 0.0678 e. The molecule has 3 N–H and O–H groups in total. The SMILES string of the molecule is C=C(C)C(NN)c1csc2ccccc12. The van der Waals surface area contributed by atoms with E-state index in [1.54, 1.807) is 11.3 Å². The number of nitrogens with one attached hydrogen (secondary N) is 1. The number of hydrogen-bond donors (Lipinski definition) is 2. The molecule has 1 aromatic carbocycles. The number of rotatable bonds is 3. The van der Waals surface area contributed by atoms with Crippen LogP contribution in [0.2, 0.25) is 0 Å². The Hall–Kier alpha value is -1.16. The number of nitrogens with two attached hydrogens (primary N) is 1. The maximum atomic E-state index is 5.55. The molecule has 2 rings (SSSR count). The Balaban J connectivity index is 2.55. The zero-order chi connectivity index (χ0) is 10.8. The molecule has 0 spiro atoms. The van der Waals surface area contributed by atoms with Gasteiger partial charge in [-0.15, -0.1) is 11.3 Å². The van der Waals surface area contributed by atoms with Crippen molar-refractivity contribution in [3.8, 4) is 0 Å². The number of hydrogen-bond acceptors (Lipinski definition) is 3. The van der Waals surface area contributed by atoms with Crippen molar-refractivity contribution >= 4 is 21.4 Å². The fourth-order valence-electron chi connectivity index (χ4n) is 1.72.